The molecule has 0 atom stereocenters. The lowest BCUT2D eigenvalue weighted by molar-refractivity contribution is 0.412. The van der Waals surface area contributed by atoms with Gasteiger partial charge in [-0.1, -0.05) is 19.3 Å². The van der Waals surface area contributed by atoms with Gasteiger partial charge in [-0.25, -0.2) is 12.7 Å². The largest absolute Gasteiger partial charge is 0.370 e. The normalized spacial score (nSPS) is 17.6. The number of guanidine groups is 1. The zero-order valence-electron chi connectivity index (χ0n) is 13.0. The monoisotopic (exact) mass is 432 g/mol. The number of halogens is 1. The first-order valence-corrected chi connectivity index (χ1v) is 9.07. The van der Waals surface area contributed by atoms with Crippen molar-refractivity contribution in [3.05, 3.63) is 0 Å². The quantitative estimate of drug-likeness (QED) is 0.276. The Morgan fingerprint density at radius 3 is 2.52 bits per heavy atom. The molecule has 8 heteroatoms. The molecule has 1 saturated carbocycles. The van der Waals surface area contributed by atoms with Crippen molar-refractivity contribution in [1.29, 1.82) is 0 Å². The summed E-state index contributed by atoms with van der Waals surface area (Å²) in [4.78, 5) is 4.26. The Bertz CT molecular complexity index is 408. The van der Waals surface area contributed by atoms with E-state index in [2.05, 4.69) is 10.3 Å². The topological polar surface area (TPSA) is 87.8 Å². The van der Waals surface area contributed by atoms with Crippen LogP contribution in [-0.2, 0) is 10.0 Å². The van der Waals surface area contributed by atoms with Crippen LogP contribution in [0.4, 0.5) is 0 Å². The summed E-state index contributed by atoms with van der Waals surface area (Å²) in [7, 11) is -1.48. The molecular weight excluding hydrogens is 403 g/mol. The lowest BCUT2D eigenvalue weighted by Gasteiger charge is -2.23. The number of hydrogen-bond donors (Lipinski definition) is 2. The highest BCUT2D eigenvalue weighted by atomic mass is 127. The van der Waals surface area contributed by atoms with Crippen molar-refractivity contribution in [3.63, 3.8) is 0 Å². The van der Waals surface area contributed by atoms with E-state index in [1.54, 1.807) is 14.0 Å². The summed E-state index contributed by atoms with van der Waals surface area (Å²) < 4.78 is 24.5. The van der Waals surface area contributed by atoms with Gasteiger partial charge in [-0.3, -0.25) is 4.99 Å². The third-order valence-corrected chi connectivity index (χ3v) is 5.57. The standard InChI is InChI=1S/C13H28N4O2S.HI/c1-3-20(18,19)17(2)11-7-10-15-13(14)16-12-8-5-4-6-9-12;/h12H,3-11H2,1-2H3,(H3,14,15,16);1H. The highest BCUT2D eigenvalue weighted by molar-refractivity contribution is 14.0. The number of nitrogens with two attached hydrogens (primary N) is 1. The molecule has 21 heavy (non-hydrogen) atoms. The Labute approximate surface area is 146 Å². The fourth-order valence-corrected chi connectivity index (χ4v) is 3.20. The highest BCUT2D eigenvalue weighted by Gasteiger charge is 2.14. The molecular formula is C13H29IN4O2S. The van der Waals surface area contributed by atoms with Crippen LogP contribution in [-0.4, -0.2) is 50.6 Å². The first-order valence-electron chi connectivity index (χ1n) is 7.46. The molecule has 0 amide bonds. The van der Waals surface area contributed by atoms with Crippen molar-refractivity contribution < 1.29 is 8.42 Å². The summed E-state index contributed by atoms with van der Waals surface area (Å²) >= 11 is 0. The average Bonchev–Trinajstić information content (AvgIpc) is 2.44. The Morgan fingerprint density at radius 2 is 1.95 bits per heavy atom. The predicted molar refractivity (Wildman–Crippen MR) is 98.6 cm³/mol. The molecule has 1 aliphatic rings. The number of aliphatic imine (C=N–C) groups is 1. The SMILES string of the molecule is CCS(=O)(=O)N(C)CCCN=C(N)NC1CCCCC1.I. The van der Waals surface area contributed by atoms with Crippen molar-refractivity contribution in [2.75, 3.05) is 25.9 Å². The molecule has 0 radical (unpaired) electrons. The van der Waals surface area contributed by atoms with Crippen LogP contribution in [0.5, 0.6) is 0 Å². The van der Waals surface area contributed by atoms with Crippen molar-refractivity contribution in [2.45, 2.75) is 51.5 Å². The van der Waals surface area contributed by atoms with Crippen LogP contribution in [0.2, 0.25) is 0 Å². The Hall–Kier alpha value is -0.0900. The minimum Gasteiger partial charge on any atom is -0.370 e. The molecule has 1 rings (SSSR count). The van der Waals surface area contributed by atoms with Crippen LogP contribution >= 0.6 is 24.0 Å². The molecule has 0 aromatic heterocycles. The van der Waals surface area contributed by atoms with E-state index in [4.69, 9.17) is 5.73 Å². The van der Waals surface area contributed by atoms with Crippen LogP contribution in [0.1, 0.15) is 45.4 Å². The predicted octanol–water partition coefficient (Wildman–Crippen LogP) is 1.51. The van der Waals surface area contributed by atoms with E-state index < -0.39 is 10.0 Å². The molecule has 0 aromatic carbocycles. The summed E-state index contributed by atoms with van der Waals surface area (Å²) in [6.45, 7) is 2.68. The maximum Gasteiger partial charge on any atom is 0.213 e. The van der Waals surface area contributed by atoms with Crippen molar-refractivity contribution in [2.24, 2.45) is 10.7 Å². The maximum atomic E-state index is 11.5. The minimum absolute atomic E-state index is 0. The number of nitrogens with zero attached hydrogens (tertiary/aromatic N) is 2. The number of rotatable bonds is 7. The van der Waals surface area contributed by atoms with Crippen molar-refractivity contribution in [3.8, 4) is 0 Å². The summed E-state index contributed by atoms with van der Waals surface area (Å²) in [5.74, 6) is 0.621. The first kappa shape index (κ1) is 20.9. The Balaban J connectivity index is 0.00000400. The third-order valence-electron chi connectivity index (χ3n) is 3.71. The fourth-order valence-electron chi connectivity index (χ4n) is 2.35. The molecule has 3 N–H and O–H groups in total. The summed E-state index contributed by atoms with van der Waals surface area (Å²) in [6, 6.07) is 0.454. The molecule has 0 spiro atoms. The average molecular weight is 432 g/mol. The molecule has 0 bridgehead atoms. The molecule has 0 saturated heterocycles. The van der Waals surface area contributed by atoms with Crippen molar-refractivity contribution >= 4 is 40.0 Å². The van der Waals surface area contributed by atoms with E-state index in [1.165, 1.54) is 23.6 Å². The molecule has 0 unspecified atom stereocenters. The fraction of sp³-hybridized carbons (Fsp3) is 0.923. The van der Waals surface area contributed by atoms with Crippen molar-refractivity contribution in [1.82, 2.24) is 9.62 Å². The van der Waals surface area contributed by atoms with E-state index in [9.17, 15) is 8.42 Å². The Kier molecular flexibility index (Phi) is 10.6. The molecule has 0 heterocycles. The van der Waals surface area contributed by atoms with Crippen LogP contribution in [0.3, 0.4) is 0 Å². The van der Waals surface area contributed by atoms with E-state index in [-0.39, 0.29) is 29.7 Å². The minimum atomic E-state index is -3.08. The van der Waals surface area contributed by atoms with E-state index >= 15 is 0 Å². The van der Waals surface area contributed by atoms with Gasteiger partial charge in [0.15, 0.2) is 5.96 Å². The molecule has 6 nitrogen and oxygen atoms in total. The van der Waals surface area contributed by atoms with Gasteiger partial charge < -0.3 is 11.1 Å². The third kappa shape index (κ3) is 8.20. The Morgan fingerprint density at radius 1 is 1.33 bits per heavy atom. The van der Waals surface area contributed by atoms with Gasteiger partial charge in [0, 0.05) is 26.2 Å². The number of nitrogens with one attached hydrogen (secondary N) is 1. The van der Waals surface area contributed by atoms with Gasteiger partial charge in [0.05, 0.1) is 5.75 Å². The molecule has 0 aromatic rings. The lowest BCUT2D eigenvalue weighted by Crippen LogP contribution is -2.41. The van der Waals surface area contributed by atoms with E-state index in [0.29, 0.717) is 31.5 Å². The second-order valence-corrected chi connectivity index (χ2v) is 7.69. The zero-order chi connectivity index (χ0) is 15.0. The van der Waals surface area contributed by atoms with Gasteiger partial charge in [0.1, 0.15) is 0 Å². The smallest absolute Gasteiger partial charge is 0.213 e. The summed E-state index contributed by atoms with van der Waals surface area (Å²) in [5, 5.41) is 3.24. The molecule has 1 aliphatic carbocycles. The zero-order valence-corrected chi connectivity index (χ0v) is 16.2. The number of sulfonamides is 1. The van der Waals surface area contributed by atoms with Crippen LogP contribution < -0.4 is 11.1 Å². The van der Waals surface area contributed by atoms with Gasteiger partial charge in [0.25, 0.3) is 0 Å². The van der Waals surface area contributed by atoms with E-state index in [1.807, 2.05) is 0 Å². The first-order chi connectivity index (χ1) is 9.45. The van der Waals surface area contributed by atoms with Gasteiger partial charge in [-0.15, -0.1) is 24.0 Å². The molecule has 0 aliphatic heterocycles. The van der Waals surface area contributed by atoms with Gasteiger partial charge in [0.2, 0.25) is 10.0 Å². The van der Waals surface area contributed by atoms with Crippen LogP contribution in [0, 0.1) is 0 Å². The second-order valence-electron chi connectivity index (χ2n) is 5.32. The number of hydrogen-bond acceptors (Lipinski definition) is 3. The van der Waals surface area contributed by atoms with Gasteiger partial charge in [-0.2, -0.15) is 0 Å². The van der Waals surface area contributed by atoms with Crippen LogP contribution in [0.25, 0.3) is 0 Å². The lowest BCUT2D eigenvalue weighted by atomic mass is 9.96. The van der Waals surface area contributed by atoms with Gasteiger partial charge >= 0.3 is 0 Å². The second kappa shape index (κ2) is 10.6. The maximum absolute atomic E-state index is 11.5. The van der Waals surface area contributed by atoms with E-state index in [0.717, 1.165) is 12.8 Å². The van der Waals surface area contributed by atoms with Crippen LogP contribution in [0.15, 0.2) is 4.99 Å². The summed E-state index contributed by atoms with van der Waals surface area (Å²) in [6.07, 6.45) is 6.83. The summed E-state index contributed by atoms with van der Waals surface area (Å²) in [5.41, 5.74) is 5.84. The van der Waals surface area contributed by atoms with Gasteiger partial charge in [-0.05, 0) is 26.2 Å². The molecule has 126 valence electrons. The molecule has 1 fully saturated rings. The highest BCUT2D eigenvalue weighted by Crippen LogP contribution is 2.16.